The summed E-state index contributed by atoms with van der Waals surface area (Å²) in [5.41, 5.74) is 0. The number of carboxylic acid groups (broad SMARTS) is 1. The average Bonchev–Trinajstić information content (AvgIpc) is 2.14. The number of carboxylic acids is 1. The number of nitrogens with one attached hydrogen (secondary N) is 1. The monoisotopic (exact) mass is 145 g/mol. The molecule has 0 aromatic heterocycles. The minimum atomic E-state index is -0.885. The molecule has 0 amide bonds. The van der Waals surface area contributed by atoms with Gasteiger partial charge in [0.1, 0.15) is 6.04 Å². The summed E-state index contributed by atoms with van der Waals surface area (Å²) in [6.07, 6.45) is -0.513. The van der Waals surface area contributed by atoms with Crippen molar-refractivity contribution < 1.29 is 15.0 Å². The highest BCUT2D eigenvalue weighted by Crippen LogP contribution is 2.14. The standard InChI is InChI=1S/C6H11NO3/c1-3-4(8)2-7-5(3)6(9)10/h3-5,7-8H,2H2,1H3,(H,9,10). The van der Waals surface area contributed by atoms with Crippen LogP contribution in [-0.4, -0.2) is 34.9 Å². The number of hydrogen-bond acceptors (Lipinski definition) is 3. The molecule has 3 N–H and O–H groups in total. The smallest absolute Gasteiger partial charge is 0.321 e. The van der Waals surface area contributed by atoms with E-state index in [-0.39, 0.29) is 5.92 Å². The van der Waals surface area contributed by atoms with Gasteiger partial charge in [-0.15, -0.1) is 0 Å². The fourth-order valence-electron chi connectivity index (χ4n) is 1.15. The molecule has 0 radical (unpaired) electrons. The average molecular weight is 145 g/mol. The van der Waals surface area contributed by atoms with Crippen LogP contribution in [0.1, 0.15) is 6.92 Å². The lowest BCUT2D eigenvalue weighted by Crippen LogP contribution is -2.34. The van der Waals surface area contributed by atoms with Crippen LogP contribution in [-0.2, 0) is 4.79 Å². The molecule has 4 heteroatoms. The van der Waals surface area contributed by atoms with Gasteiger partial charge in [-0.3, -0.25) is 4.79 Å². The highest BCUT2D eigenvalue weighted by atomic mass is 16.4. The maximum absolute atomic E-state index is 10.4. The van der Waals surface area contributed by atoms with Crippen molar-refractivity contribution in [2.24, 2.45) is 5.92 Å². The molecule has 4 nitrogen and oxygen atoms in total. The van der Waals surface area contributed by atoms with Gasteiger partial charge in [-0.2, -0.15) is 0 Å². The second-order valence-electron chi connectivity index (χ2n) is 2.65. The van der Waals surface area contributed by atoms with Crippen molar-refractivity contribution >= 4 is 5.97 Å². The van der Waals surface area contributed by atoms with Gasteiger partial charge in [0.05, 0.1) is 6.10 Å². The SMILES string of the molecule is CC1C(O)CNC1C(=O)O. The highest BCUT2D eigenvalue weighted by molar-refractivity contribution is 5.74. The summed E-state index contributed by atoms with van der Waals surface area (Å²) >= 11 is 0. The topological polar surface area (TPSA) is 69.6 Å². The van der Waals surface area contributed by atoms with Crippen molar-refractivity contribution in [1.29, 1.82) is 0 Å². The number of aliphatic carboxylic acids is 1. The van der Waals surface area contributed by atoms with Crippen LogP contribution in [0.2, 0.25) is 0 Å². The summed E-state index contributed by atoms with van der Waals surface area (Å²) in [5.74, 6) is -1.07. The Balaban J connectivity index is 2.57. The predicted molar refractivity (Wildman–Crippen MR) is 34.6 cm³/mol. The van der Waals surface area contributed by atoms with Crippen LogP contribution < -0.4 is 5.32 Å². The lowest BCUT2D eigenvalue weighted by Gasteiger charge is -2.10. The number of aliphatic hydroxyl groups excluding tert-OH is 1. The second kappa shape index (κ2) is 2.56. The molecule has 3 unspecified atom stereocenters. The molecule has 0 bridgehead atoms. The Labute approximate surface area is 58.9 Å². The third-order valence-electron chi connectivity index (χ3n) is 1.95. The van der Waals surface area contributed by atoms with E-state index >= 15 is 0 Å². The molecule has 1 aliphatic heterocycles. The third kappa shape index (κ3) is 1.12. The minimum Gasteiger partial charge on any atom is -0.480 e. The van der Waals surface area contributed by atoms with Crippen LogP contribution in [0.3, 0.4) is 0 Å². The Morgan fingerprint density at radius 3 is 2.50 bits per heavy atom. The van der Waals surface area contributed by atoms with Gasteiger partial charge in [-0.1, -0.05) is 6.92 Å². The molecular formula is C6H11NO3. The van der Waals surface area contributed by atoms with E-state index in [1.165, 1.54) is 0 Å². The van der Waals surface area contributed by atoms with Crippen LogP contribution >= 0.6 is 0 Å². The van der Waals surface area contributed by atoms with Crippen molar-refractivity contribution in [1.82, 2.24) is 5.32 Å². The van der Waals surface area contributed by atoms with E-state index in [4.69, 9.17) is 10.2 Å². The molecule has 1 saturated heterocycles. The summed E-state index contributed by atoms with van der Waals surface area (Å²) in [6.45, 7) is 2.11. The zero-order valence-corrected chi connectivity index (χ0v) is 5.74. The van der Waals surface area contributed by atoms with Crippen molar-refractivity contribution in [3.05, 3.63) is 0 Å². The van der Waals surface area contributed by atoms with Crippen molar-refractivity contribution in [2.45, 2.75) is 19.1 Å². The fraction of sp³-hybridized carbons (Fsp3) is 0.833. The van der Waals surface area contributed by atoms with E-state index in [1.807, 2.05) is 0 Å². The first-order valence-electron chi connectivity index (χ1n) is 3.27. The number of carbonyl (C=O) groups is 1. The normalized spacial score (nSPS) is 40.0. The first-order chi connectivity index (χ1) is 4.63. The summed E-state index contributed by atoms with van der Waals surface area (Å²) in [7, 11) is 0. The van der Waals surface area contributed by atoms with E-state index in [9.17, 15) is 4.79 Å². The third-order valence-corrected chi connectivity index (χ3v) is 1.95. The van der Waals surface area contributed by atoms with E-state index in [0.717, 1.165) is 0 Å². The molecule has 0 aliphatic carbocycles. The molecule has 58 valence electrons. The van der Waals surface area contributed by atoms with E-state index in [1.54, 1.807) is 6.92 Å². The molecule has 1 fully saturated rings. The highest BCUT2D eigenvalue weighted by Gasteiger charge is 2.35. The van der Waals surface area contributed by atoms with Crippen LogP contribution in [0, 0.1) is 5.92 Å². The molecule has 1 aliphatic rings. The maximum Gasteiger partial charge on any atom is 0.321 e. The number of hydrogen-bond donors (Lipinski definition) is 3. The quantitative estimate of drug-likeness (QED) is 0.444. The Kier molecular flexibility index (Phi) is 1.92. The largest absolute Gasteiger partial charge is 0.480 e. The second-order valence-corrected chi connectivity index (χ2v) is 2.65. The zero-order chi connectivity index (χ0) is 7.72. The molecule has 0 aromatic carbocycles. The maximum atomic E-state index is 10.4. The lowest BCUT2D eigenvalue weighted by molar-refractivity contribution is -0.140. The first kappa shape index (κ1) is 7.50. The van der Waals surface area contributed by atoms with E-state index < -0.39 is 18.1 Å². The number of β-amino-alcohol motifs (C(OH)–C–C–N with tert-alkyl or cyclic N) is 1. The Morgan fingerprint density at radius 1 is 1.70 bits per heavy atom. The van der Waals surface area contributed by atoms with Gasteiger partial charge < -0.3 is 15.5 Å². The molecule has 3 atom stereocenters. The number of rotatable bonds is 1. The summed E-state index contributed by atoms with van der Waals surface area (Å²) < 4.78 is 0. The molecule has 0 spiro atoms. The van der Waals surface area contributed by atoms with Crippen LogP contribution in [0.25, 0.3) is 0 Å². The van der Waals surface area contributed by atoms with Gasteiger partial charge in [0, 0.05) is 12.5 Å². The minimum absolute atomic E-state index is 0.183. The Morgan fingerprint density at radius 2 is 2.30 bits per heavy atom. The zero-order valence-electron chi connectivity index (χ0n) is 5.74. The Hall–Kier alpha value is -0.610. The number of aliphatic hydroxyl groups is 1. The van der Waals surface area contributed by atoms with Crippen molar-refractivity contribution in [3.63, 3.8) is 0 Å². The lowest BCUT2D eigenvalue weighted by atomic mass is 10.0. The van der Waals surface area contributed by atoms with Gasteiger partial charge in [-0.25, -0.2) is 0 Å². The summed E-state index contributed by atoms with van der Waals surface area (Å²) in [4.78, 5) is 10.4. The fourth-order valence-corrected chi connectivity index (χ4v) is 1.15. The molecule has 10 heavy (non-hydrogen) atoms. The molecule has 1 heterocycles. The van der Waals surface area contributed by atoms with Crippen LogP contribution in [0.15, 0.2) is 0 Å². The van der Waals surface area contributed by atoms with Crippen LogP contribution in [0.5, 0.6) is 0 Å². The van der Waals surface area contributed by atoms with Gasteiger partial charge in [0.25, 0.3) is 0 Å². The molecule has 0 aromatic rings. The Bertz CT molecular complexity index is 148. The van der Waals surface area contributed by atoms with Gasteiger partial charge in [-0.05, 0) is 0 Å². The van der Waals surface area contributed by atoms with Crippen LogP contribution in [0.4, 0.5) is 0 Å². The molecule has 0 saturated carbocycles. The van der Waals surface area contributed by atoms with Crippen molar-refractivity contribution in [2.75, 3.05) is 6.54 Å². The van der Waals surface area contributed by atoms with Gasteiger partial charge in [0.2, 0.25) is 0 Å². The van der Waals surface area contributed by atoms with E-state index in [0.29, 0.717) is 6.54 Å². The molecule has 1 rings (SSSR count). The first-order valence-corrected chi connectivity index (χ1v) is 3.27. The van der Waals surface area contributed by atoms with Crippen molar-refractivity contribution in [3.8, 4) is 0 Å². The van der Waals surface area contributed by atoms with Gasteiger partial charge >= 0.3 is 5.97 Å². The summed E-state index contributed by atoms with van der Waals surface area (Å²) in [5, 5.41) is 20.3. The predicted octanol–water partition coefficient (Wildman–Crippen LogP) is -0.960. The summed E-state index contributed by atoms with van der Waals surface area (Å²) in [6, 6.07) is -0.574. The molecular weight excluding hydrogens is 134 g/mol. The van der Waals surface area contributed by atoms with Gasteiger partial charge in [0.15, 0.2) is 0 Å². The van der Waals surface area contributed by atoms with E-state index in [2.05, 4.69) is 5.32 Å².